The third-order valence-electron chi connectivity index (χ3n) is 2.87. The van der Waals surface area contributed by atoms with E-state index in [0.29, 0.717) is 18.4 Å². The summed E-state index contributed by atoms with van der Waals surface area (Å²) in [5.41, 5.74) is 0.728. The zero-order chi connectivity index (χ0) is 12.8. The minimum Gasteiger partial charge on any atom is -0.317 e. The van der Waals surface area contributed by atoms with E-state index in [-0.39, 0.29) is 0 Å². The molecule has 1 nitrogen and oxygen atoms in total. The summed E-state index contributed by atoms with van der Waals surface area (Å²) >= 11 is 0. The number of aryl methyl sites for hydroxylation is 1. The van der Waals surface area contributed by atoms with Crippen molar-refractivity contribution in [2.75, 3.05) is 7.05 Å². The van der Waals surface area contributed by atoms with Gasteiger partial charge in [-0.2, -0.15) is 0 Å². The van der Waals surface area contributed by atoms with Crippen molar-refractivity contribution >= 4 is 0 Å². The number of benzene rings is 1. The molecule has 0 amide bonds. The first-order chi connectivity index (χ1) is 8.01. The van der Waals surface area contributed by atoms with Gasteiger partial charge in [0, 0.05) is 12.1 Å². The van der Waals surface area contributed by atoms with Crippen LogP contribution in [-0.2, 0) is 6.42 Å². The van der Waals surface area contributed by atoms with Gasteiger partial charge >= 0.3 is 0 Å². The summed E-state index contributed by atoms with van der Waals surface area (Å²) in [6.07, 6.45) is 2.68. The Morgan fingerprint density at radius 2 is 1.71 bits per heavy atom. The highest BCUT2D eigenvalue weighted by atomic mass is 19.1. The van der Waals surface area contributed by atoms with Gasteiger partial charge in [-0.3, -0.25) is 0 Å². The molecule has 96 valence electrons. The summed E-state index contributed by atoms with van der Waals surface area (Å²) < 4.78 is 26.0. The van der Waals surface area contributed by atoms with E-state index in [1.54, 1.807) is 0 Å². The normalized spacial score (nSPS) is 13.1. The number of halogens is 2. The van der Waals surface area contributed by atoms with E-state index in [2.05, 4.69) is 19.2 Å². The predicted octanol–water partition coefficient (Wildman–Crippen LogP) is 3.53. The van der Waals surface area contributed by atoms with Crippen LogP contribution in [0, 0.1) is 17.6 Å². The van der Waals surface area contributed by atoms with Gasteiger partial charge in [-0.25, -0.2) is 8.78 Å². The van der Waals surface area contributed by atoms with E-state index in [1.807, 2.05) is 7.05 Å². The van der Waals surface area contributed by atoms with Gasteiger partial charge in [-0.05, 0) is 49.9 Å². The fourth-order valence-electron chi connectivity index (χ4n) is 2.05. The average Bonchev–Trinajstić information content (AvgIpc) is 2.22. The zero-order valence-corrected chi connectivity index (χ0v) is 10.8. The van der Waals surface area contributed by atoms with Crippen LogP contribution in [0.15, 0.2) is 18.2 Å². The van der Waals surface area contributed by atoms with Crippen molar-refractivity contribution in [1.29, 1.82) is 0 Å². The van der Waals surface area contributed by atoms with Crippen LogP contribution in [0.25, 0.3) is 0 Å². The van der Waals surface area contributed by atoms with Gasteiger partial charge in [0.2, 0.25) is 0 Å². The summed E-state index contributed by atoms with van der Waals surface area (Å²) in [4.78, 5) is 0. The summed E-state index contributed by atoms with van der Waals surface area (Å²) in [6.45, 7) is 4.35. The lowest BCUT2D eigenvalue weighted by Gasteiger charge is -2.18. The molecule has 1 aromatic rings. The Morgan fingerprint density at radius 1 is 1.12 bits per heavy atom. The second kappa shape index (κ2) is 6.70. The lowest BCUT2D eigenvalue weighted by atomic mass is 9.97. The van der Waals surface area contributed by atoms with Gasteiger partial charge in [0.15, 0.2) is 0 Å². The molecule has 0 bridgehead atoms. The molecule has 0 aromatic heterocycles. The van der Waals surface area contributed by atoms with E-state index in [0.717, 1.165) is 24.5 Å². The van der Waals surface area contributed by atoms with Crippen molar-refractivity contribution in [2.24, 2.45) is 5.92 Å². The minimum absolute atomic E-state index is 0.404. The molecular formula is C14H21F2N. The first kappa shape index (κ1) is 14.1. The van der Waals surface area contributed by atoms with E-state index < -0.39 is 11.6 Å². The molecule has 1 unspecified atom stereocenters. The lowest BCUT2D eigenvalue weighted by molar-refractivity contribution is 0.421. The maximum Gasteiger partial charge on any atom is 0.126 e. The Balaban J connectivity index is 2.53. The largest absolute Gasteiger partial charge is 0.317 e. The topological polar surface area (TPSA) is 12.0 Å². The van der Waals surface area contributed by atoms with Crippen LogP contribution in [0.4, 0.5) is 8.78 Å². The molecule has 0 radical (unpaired) electrons. The molecule has 0 aliphatic rings. The van der Waals surface area contributed by atoms with Crippen LogP contribution < -0.4 is 5.32 Å². The molecule has 1 aromatic carbocycles. The third-order valence-corrected chi connectivity index (χ3v) is 2.87. The molecule has 0 fully saturated rings. The van der Waals surface area contributed by atoms with Crippen LogP contribution >= 0.6 is 0 Å². The molecule has 1 rings (SSSR count). The number of rotatable bonds is 6. The van der Waals surface area contributed by atoms with Crippen molar-refractivity contribution in [3.63, 3.8) is 0 Å². The Labute approximate surface area is 102 Å². The van der Waals surface area contributed by atoms with Crippen LogP contribution in [0.2, 0.25) is 0 Å². The highest BCUT2D eigenvalue weighted by Gasteiger charge is 2.09. The Bertz CT molecular complexity index is 330. The quantitative estimate of drug-likeness (QED) is 0.803. The number of nitrogens with one attached hydrogen (secondary N) is 1. The Hall–Kier alpha value is -0.960. The smallest absolute Gasteiger partial charge is 0.126 e. The summed E-state index contributed by atoms with van der Waals surface area (Å²) in [7, 11) is 1.93. The Kier molecular flexibility index (Phi) is 5.56. The summed E-state index contributed by atoms with van der Waals surface area (Å²) in [5.74, 6) is -0.369. The molecule has 0 saturated carbocycles. The fraction of sp³-hybridized carbons (Fsp3) is 0.571. The molecule has 0 aliphatic heterocycles. The van der Waals surface area contributed by atoms with Crippen LogP contribution in [0.3, 0.4) is 0 Å². The zero-order valence-electron chi connectivity index (χ0n) is 10.8. The molecule has 0 heterocycles. The maximum atomic E-state index is 13.0. The van der Waals surface area contributed by atoms with E-state index in [4.69, 9.17) is 0 Å². The Morgan fingerprint density at radius 3 is 2.18 bits per heavy atom. The molecule has 0 aliphatic carbocycles. The van der Waals surface area contributed by atoms with Crippen LogP contribution in [-0.4, -0.2) is 13.1 Å². The fourth-order valence-corrected chi connectivity index (χ4v) is 2.05. The van der Waals surface area contributed by atoms with Crippen molar-refractivity contribution in [3.8, 4) is 0 Å². The monoisotopic (exact) mass is 241 g/mol. The van der Waals surface area contributed by atoms with Crippen molar-refractivity contribution < 1.29 is 8.78 Å². The van der Waals surface area contributed by atoms with Gasteiger partial charge < -0.3 is 5.32 Å². The van der Waals surface area contributed by atoms with Gasteiger partial charge in [0.1, 0.15) is 11.6 Å². The van der Waals surface area contributed by atoms with Crippen LogP contribution in [0.5, 0.6) is 0 Å². The van der Waals surface area contributed by atoms with Crippen molar-refractivity contribution in [1.82, 2.24) is 5.32 Å². The number of hydrogen-bond donors (Lipinski definition) is 1. The molecule has 1 atom stereocenters. The SMILES string of the molecule is CNC(CCc1cc(F)cc(F)c1)CC(C)C. The molecule has 0 saturated heterocycles. The van der Waals surface area contributed by atoms with Gasteiger partial charge in [-0.15, -0.1) is 0 Å². The van der Waals surface area contributed by atoms with E-state index in [1.165, 1.54) is 12.1 Å². The lowest BCUT2D eigenvalue weighted by Crippen LogP contribution is -2.27. The first-order valence-corrected chi connectivity index (χ1v) is 6.13. The van der Waals surface area contributed by atoms with Gasteiger partial charge in [0.05, 0.1) is 0 Å². The molecule has 1 N–H and O–H groups in total. The second-order valence-electron chi connectivity index (χ2n) is 4.93. The average molecular weight is 241 g/mol. The minimum atomic E-state index is -0.495. The van der Waals surface area contributed by atoms with Gasteiger partial charge in [0.25, 0.3) is 0 Å². The molecule has 3 heteroatoms. The van der Waals surface area contributed by atoms with Gasteiger partial charge in [-0.1, -0.05) is 13.8 Å². The second-order valence-corrected chi connectivity index (χ2v) is 4.93. The molecule has 17 heavy (non-hydrogen) atoms. The molecule has 0 spiro atoms. The third kappa shape index (κ3) is 5.26. The maximum absolute atomic E-state index is 13.0. The van der Waals surface area contributed by atoms with Crippen molar-refractivity contribution in [2.45, 2.75) is 39.2 Å². The summed E-state index contributed by atoms with van der Waals surface area (Å²) in [6, 6.07) is 4.13. The highest BCUT2D eigenvalue weighted by molar-refractivity contribution is 5.18. The van der Waals surface area contributed by atoms with Crippen LogP contribution in [0.1, 0.15) is 32.3 Å². The van der Waals surface area contributed by atoms with Crippen molar-refractivity contribution in [3.05, 3.63) is 35.4 Å². The standard InChI is InChI=1S/C14H21F2N/c1-10(2)6-14(17-3)5-4-11-7-12(15)9-13(16)8-11/h7-10,14,17H,4-6H2,1-3H3. The summed E-state index contributed by atoms with van der Waals surface area (Å²) in [5, 5.41) is 3.25. The van der Waals surface area contributed by atoms with E-state index >= 15 is 0 Å². The first-order valence-electron chi connectivity index (χ1n) is 6.13. The number of hydrogen-bond acceptors (Lipinski definition) is 1. The predicted molar refractivity (Wildman–Crippen MR) is 67.0 cm³/mol. The molecular weight excluding hydrogens is 220 g/mol. The highest BCUT2D eigenvalue weighted by Crippen LogP contribution is 2.14. The van der Waals surface area contributed by atoms with E-state index in [9.17, 15) is 8.78 Å².